The van der Waals surface area contributed by atoms with Gasteiger partial charge in [0, 0.05) is 24.2 Å². The highest BCUT2D eigenvalue weighted by Crippen LogP contribution is 2.43. The molecule has 2 atom stereocenters. The molecule has 4 N–H and O–H groups in total. The second-order valence-corrected chi connectivity index (χ2v) is 8.14. The maximum Gasteiger partial charge on any atom is 0.272 e. The maximum absolute atomic E-state index is 14.2. The van der Waals surface area contributed by atoms with Gasteiger partial charge in [-0.3, -0.25) is 14.6 Å². The zero-order valence-corrected chi connectivity index (χ0v) is 16.6. The van der Waals surface area contributed by atoms with E-state index in [0.717, 1.165) is 32.1 Å². The minimum Gasteiger partial charge on any atom is -0.369 e. The Morgan fingerprint density at radius 2 is 2.00 bits per heavy atom. The number of anilines is 1. The number of aromatic nitrogens is 3. The fraction of sp³-hybridized carbons (Fsp3) is 0.476. The van der Waals surface area contributed by atoms with Gasteiger partial charge in [-0.2, -0.15) is 0 Å². The van der Waals surface area contributed by atoms with Crippen LogP contribution in [0.3, 0.4) is 0 Å². The Hall–Kier alpha value is -3.10. The summed E-state index contributed by atoms with van der Waals surface area (Å²) in [4.78, 5) is 28.2. The zero-order chi connectivity index (χ0) is 21.1. The van der Waals surface area contributed by atoms with Crippen LogP contribution in [0.15, 0.2) is 30.5 Å². The van der Waals surface area contributed by atoms with E-state index in [1.165, 1.54) is 6.07 Å². The van der Waals surface area contributed by atoms with Crippen molar-refractivity contribution in [2.75, 3.05) is 11.9 Å². The Labute approximate surface area is 173 Å². The van der Waals surface area contributed by atoms with Gasteiger partial charge in [-0.1, -0.05) is 12.8 Å². The van der Waals surface area contributed by atoms with Crippen molar-refractivity contribution < 1.29 is 14.0 Å². The topological polar surface area (TPSA) is 123 Å². The van der Waals surface area contributed by atoms with Crippen LogP contribution in [0, 0.1) is 11.7 Å². The molecule has 0 spiro atoms. The van der Waals surface area contributed by atoms with Crippen LogP contribution < -0.4 is 16.4 Å². The van der Waals surface area contributed by atoms with E-state index in [4.69, 9.17) is 5.73 Å². The summed E-state index contributed by atoms with van der Waals surface area (Å²) in [6, 6.07) is 6.01. The van der Waals surface area contributed by atoms with Crippen LogP contribution in [-0.2, 0) is 10.2 Å². The molecule has 2 fully saturated rings. The lowest BCUT2D eigenvalue weighted by molar-refractivity contribution is -0.122. The SMILES string of the molecule is NC(=O)C1CCCC1NC(=O)c1ccc(NCC2(c3ncccc3F)CCC2)nn1. The van der Waals surface area contributed by atoms with E-state index in [2.05, 4.69) is 25.8 Å². The van der Waals surface area contributed by atoms with Crippen LogP contribution >= 0.6 is 0 Å². The average Bonchev–Trinajstić information content (AvgIpc) is 3.17. The lowest BCUT2D eigenvalue weighted by Crippen LogP contribution is -2.43. The summed E-state index contributed by atoms with van der Waals surface area (Å²) in [6.45, 7) is 0.490. The Bertz CT molecular complexity index is 931. The molecule has 2 aromatic rings. The van der Waals surface area contributed by atoms with E-state index in [9.17, 15) is 14.0 Å². The molecule has 2 amide bonds. The molecule has 2 heterocycles. The lowest BCUT2D eigenvalue weighted by Gasteiger charge is -2.41. The van der Waals surface area contributed by atoms with E-state index in [1.54, 1.807) is 24.4 Å². The molecule has 0 saturated heterocycles. The summed E-state index contributed by atoms with van der Waals surface area (Å²) < 4.78 is 14.2. The first-order chi connectivity index (χ1) is 14.5. The maximum atomic E-state index is 14.2. The molecule has 0 aromatic carbocycles. The predicted octanol–water partition coefficient (Wildman–Crippen LogP) is 1.93. The molecular formula is C21H25FN6O2. The van der Waals surface area contributed by atoms with Gasteiger partial charge < -0.3 is 16.4 Å². The molecular weight excluding hydrogens is 387 g/mol. The summed E-state index contributed by atoms with van der Waals surface area (Å²) >= 11 is 0. The van der Waals surface area contributed by atoms with Gasteiger partial charge in [0.15, 0.2) is 5.69 Å². The van der Waals surface area contributed by atoms with Gasteiger partial charge in [0.25, 0.3) is 5.91 Å². The molecule has 0 bridgehead atoms. The molecule has 2 saturated carbocycles. The molecule has 0 aliphatic heterocycles. The first-order valence-electron chi connectivity index (χ1n) is 10.3. The monoisotopic (exact) mass is 412 g/mol. The second kappa shape index (κ2) is 8.33. The Kier molecular flexibility index (Phi) is 5.61. The van der Waals surface area contributed by atoms with E-state index in [0.29, 0.717) is 24.5 Å². The fourth-order valence-corrected chi connectivity index (χ4v) is 4.40. The fourth-order valence-electron chi connectivity index (χ4n) is 4.40. The quantitative estimate of drug-likeness (QED) is 0.639. The Morgan fingerprint density at radius 3 is 2.63 bits per heavy atom. The molecule has 158 valence electrons. The molecule has 2 unspecified atom stereocenters. The highest BCUT2D eigenvalue weighted by Gasteiger charge is 2.41. The van der Waals surface area contributed by atoms with Crippen LogP contribution in [0.4, 0.5) is 10.2 Å². The minimum absolute atomic E-state index is 0.171. The highest BCUT2D eigenvalue weighted by atomic mass is 19.1. The van der Waals surface area contributed by atoms with E-state index >= 15 is 0 Å². The Balaban J connectivity index is 1.37. The Morgan fingerprint density at radius 1 is 1.17 bits per heavy atom. The van der Waals surface area contributed by atoms with Crippen LogP contribution in [0.2, 0.25) is 0 Å². The van der Waals surface area contributed by atoms with Crippen molar-refractivity contribution in [3.63, 3.8) is 0 Å². The minimum atomic E-state index is -0.391. The van der Waals surface area contributed by atoms with Gasteiger partial charge in [0.05, 0.1) is 11.6 Å². The van der Waals surface area contributed by atoms with E-state index < -0.39 is 5.91 Å². The molecule has 0 radical (unpaired) electrons. The van der Waals surface area contributed by atoms with E-state index in [-0.39, 0.29) is 34.8 Å². The number of nitrogens with zero attached hydrogens (tertiary/aromatic N) is 3. The number of halogens is 1. The van der Waals surface area contributed by atoms with Crippen molar-refractivity contribution in [2.24, 2.45) is 11.7 Å². The van der Waals surface area contributed by atoms with Crippen molar-refractivity contribution in [3.8, 4) is 0 Å². The summed E-state index contributed by atoms with van der Waals surface area (Å²) in [5.41, 5.74) is 5.70. The van der Waals surface area contributed by atoms with Crippen molar-refractivity contribution in [1.29, 1.82) is 0 Å². The number of hydrogen-bond acceptors (Lipinski definition) is 6. The zero-order valence-electron chi connectivity index (χ0n) is 16.6. The van der Waals surface area contributed by atoms with Gasteiger partial charge in [0.2, 0.25) is 5.91 Å². The van der Waals surface area contributed by atoms with Crippen LogP contribution in [0.25, 0.3) is 0 Å². The largest absolute Gasteiger partial charge is 0.369 e. The van der Waals surface area contributed by atoms with Gasteiger partial charge >= 0.3 is 0 Å². The number of pyridine rings is 1. The number of nitrogens with one attached hydrogen (secondary N) is 2. The lowest BCUT2D eigenvalue weighted by atomic mass is 9.66. The number of hydrogen-bond donors (Lipinski definition) is 3. The van der Waals surface area contributed by atoms with Gasteiger partial charge in [-0.25, -0.2) is 4.39 Å². The van der Waals surface area contributed by atoms with E-state index in [1.807, 2.05) is 0 Å². The molecule has 2 aromatic heterocycles. The van der Waals surface area contributed by atoms with Crippen molar-refractivity contribution >= 4 is 17.6 Å². The standard InChI is InChI=1S/C21H25FN6O2/c22-14-5-2-11-24-18(14)21(9-3-10-21)12-25-17-8-7-16(27-28-17)20(30)26-15-6-1-4-13(15)19(23)29/h2,5,7-8,11,13,15H,1,3-4,6,9-10,12H2,(H2,23,29)(H,25,28)(H,26,30). The molecule has 30 heavy (non-hydrogen) atoms. The number of carbonyl (C=O) groups is 2. The smallest absolute Gasteiger partial charge is 0.272 e. The predicted molar refractivity (Wildman–Crippen MR) is 108 cm³/mol. The van der Waals surface area contributed by atoms with Crippen molar-refractivity contribution in [1.82, 2.24) is 20.5 Å². The number of primary amides is 1. The molecule has 4 rings (SSSR count). The van der Waals surface area contributed by atoms with Crippen LogP contribution in [0.1, 0.15) is 54.7 Å². The second-order valence-electron chi connectivity index (χ2n) is 8.14. The number of amides is 2. The number of nitrogens with two attached hydrogens (primary N) is 1. The summed E-state index contributed by atoms with van der Waals surface area (Å²) in [5.74, 6) is -0.896. The normalized spacial score (nSPS) is 22.2. The van der Waals surface area contributed by atoms with Crippen LogP contribution in [0.5, 0.6) is 0 Å². The first kappa shape index (κ1) is 20.2. The third kappa shape index (κ3) is 3.96. The van der Waals surface area contributed by atoms with Gasteiger partial charge in [-0.05, 0) is 49.9 Å². The number of carbonyl (C=O) groups excluding carboxylic acids is 2. The average molecular weight is 412 g/mol. The summed E-state index contributed by atoms with van der Waals surface area (Å²) in [6.07, 6.45) is 6.60. The molecule has 9 heteroatoms. The summed E-state index contributed by atoms with van der Waals surface area (Å²) in [7, 11) is 0. The number of rotatable bonds is 7. The van der Waals surface area contributed by atoms with Crippen molar-refractivity contribution in [3.05, 3.63) is 47.7 Å². The molecule has 2 aliphatic rings. The van der Waals surface area contributed by atoms with Crippen molar-refractivity contribution in [2.45, 2.75) is 50.0 Å². The van der Waals surface area contributed by atoms with Gasteiger partial charge in [-0.15, -0.1) is 10.2 Å². The first-order valence-corrected chi connectivity index (χ1v) is 10.3. The third-order valence-electron chi connectivity index (χ3n) is 6.27. The highest BCUT2D eigenvalue weighted by molar-refractivity contribution is 5.93. The van der Waals surface area contributed by atoms with Crippen LogP contribution in [-0.4, -0.2) is 39.6 Å². The molecule has 8 nitrogen and oxygen atoms in total. The summed E-state index contributed by atoms with van der Waals surface area (Å²) in [5, 5.41) is 14.1. The molecule has 2 aliphatic carbocycles. The third-order valence-corrected chi connectivity index (χ3v) is 6.27. The van der Waals surface area contributed by atoms with Gasteiger partial charge in [0.1, 0.15) is 11.6 Å².